The number of halogens is 2. The summed E-state index contributed by atoms with van der Waals surface area (Å²) in [7, 11) is 0. The molecule has 0 saturated carbocycles. The van der Waals surface area contributed by atoms with Gasteiger partial charge in [0.15, 0.2) is 5.96 Å². The number of carbonyl (C=O) groups excluding carboxylic acids is 1. The van der Waals surface area contributed by atoms with Gasteiger partial charge in [-0.2, -0.15) is 0 Å². The Morgan fingerprint density at radius 1 is 1.27 bits per heavy atom. The van der Waals surface area contributed by atoms with Crippen molar-refractivity contribution in [2.75, 3.05) is 31.5 Å². The quantitative estimate of drug-likeness (QED) is 0.447. The number of guanidine groups is 1. The molecule has 0 atom stereocenters. The Hall–Kier alpha value is -1.38. The molecule has 1 aliphatic rings. The highest BCUT2D eigenvalue weighted by Crippen LogP contribution is 2.09. The van der Waals surface area contributed by atoms with Crippen LogP contribution in [-0.4, -0.2) is 42.9 Å². The number of hydrogen-bond acceptors (Lipinski definition) is 2. The molecular weight excluding hydrogens is 398 g/mol. The van der Waals surface area contributed by atoms with Crippen LogP contribution < -0.4 is 10.6 Å². The maximum Gasteiger partial charge on any atom is 0.246 e. The zero-order chi connectivity index (χ0) is 15.1. The zero-order valence-electron chi connectivity index (χ0n) is 12.6. The largest absolute Gasteiger partial charge is 0.357 e. The summed E-state index contributed by atoms with van der Waals surface area (Å²) in [4.78, 5) is 18.4. The fourth-order valence-electron chi connectivity index (χ4n) is 2.24. The minimum absolute atomic E-state index is 0. The summed E-state index contributed by atoms with van der Waals surface area (Å²) >= 11 is 0. The molecule has 0 spiro atoms. The van der Waals surface area contributed by atoms with Gasteiger partial charge in [0.25, 0.3) is 0 Å². The number of aliphatic imine (C=N–C) groups is 1. The van der Waals surface area contributed by atoms with E-state index in [4.69, 9.17) is 0 Å². The second kappa shape index (κ2) is 9.60. The van der Waals surface area contributed by atoms with Crippen LogP contribution in [0.25, 0.3) is 0 Å². The number of carbonyl (C=O) groups is 1. The highest BCUT2D eigenvalue weighted by molar-refractivity contribution is 14.0. The van der Waals surface area contributed by atoms with Crippen molar-refractivity contribution in [3.8, 4) is 0 Å². The van der Waals surface area contributed by atoms with E-state index in [1.54, 1.807) is 0 Å². The van der Waals surface area contributed by atoms with E-state index < -0.39 is 0 Å². The van der Waals surface area contributed by atoms with Crippen LogP contribution >= 0.6 is 24.0 Å². The maximum atomic E-state index is 12.8. The maximum absolute atomic E-state index is 12.8. The molecule has 1 fully saturated rings. The topological polar surface area (TPSA) is 56.7 Å². The van der Waals surface area contributed by atoms with E-state index in [-0.39, 0.29) is 42.2 Å². The molecule has 0 unspecified atom stereocenters. The van der Waals surface area contributed by atoms with Crippen molar-refractivity contribution in [2.24, 2.45) is 4.99 Å². The molecule has 0 bridgehead atoms. The summed E-state index contributed by atoms with van der Waals surface area (Å²) < 4.78 is 12.8. The van der Waals surface area contributed by atoms with Crippen molar-refractivity contribution in [1.82, 2.24) is 10.2 Å². The fraction of sp³-hybridized carbons (Fsp3) is 0.467. The Morgan fingerprint density at radius 2 is 1.91 bits per heavy atom. The number of benzene rings is 1. The van der Waals surface area contributed by atoms with E-state index >= 15 is 0 Å². The minimum atomic E-state index is -0.325. The predicted molar refractivity (Wildman–Crippen MR) is 97.2 cm³/mol. The van der Waals surface area contributed by atoms with Gasteiger partial charge in [0, 0.05) is 25.3 Å². The van der Waals surface area contributed by atoms with E-state index in [1.165, 1.54) is 24.3 Å². The molecule has 0 aliphatic carbocycles. The first-order chi connectivity index (χ1) is 10.2. The molecule has 0 aromatic heterocycles. The van der Waals surface area contributed by atoms with E-state index in [1.807, 2.05) is 6.92 Å². The van der Waals surface area contributed by atoms with E-state index in [2.05, 4.69) is 20.5 Å². The van der Waals surface area contributed by atoms with Crippen molar-refractivity contribution >= 4 is 41.5 Å². The van der Waals surface area contributed by atoms with Crippen LogP contribution in [0.15, 0.2) is 29.3 Å². The van der Waals surface area contributed by atoms with Gasteiger partial charge in [0.2, 0.25) is 5.91 Å². The Morgan fingerprint density at radius 3 is 2.50 bits per heavy atom. The lowest BCUT2D eigenvalue weighted by Gasteiger charge is -2.20. The first-order valence-electron chi connectivity index (χ1n) is 7.27. The number of rotatable bonds is 4. The average Bonchev–Trinajstić information content (AvgIpc) is 3.00. The van der Waals surface area contributed by atoms with E-state index in [0.717, 1.165) is 38.4 Å². The van der Waals surface area contributed by atoms with Gasteiger partial charge in [-0.3, -0.25) is 4.79 Å². The van der Waals surface area contributed by atoms with Gasteiger partial charge < -0.3 is 15.5 Å². The molecule has 22 heavy (non-hydrogen) atoms. The van der Waals surface area contributed by atoms with Crippen LogP contribution in [0.3, 0.4) is 0 Å². The van der Waals surface area contributed by atoms with Crippen molar-refractivity contribution in [2.45, 2.75) is 19.8 Å². The second-order valence-electron chi connectivity index (χ2n) is 4.92. The smallest absolute Gasteiger partial charge is 0.246 e. The van der Waals surface area contributed by atoms with Gasteiger partial charge in [0.05, 0.1) is 0 Å². The lowest BCUT2D eigenvalue weighted by Crippen LogP contribution is -2.40. The molecule has 2 N–H and O–H groups in total. The van der Waals surface area contributed by atoms with Crippen LogP contribution in [0, 0.1) is 5.82 Å². The first-order valence-corrected chi connectivity index (χ1v) is 7.27. The Kier molecular flexibility index (Phi) is 8.15. The molecule has 0 radical (unpaired) electrons. The molecule has 1 amide bonds. The summed E-state index contributed by atoms with van der Waals surface area (Å²) in [6, 6.07) is 5.69. The number of hydrogen-bond donors (Lipinski definition) is 2. The first kappa shape index (κ1) is 18.7. The molecule has 2 rings (SSSR count). The number of anilines is 1. The van der Waals surface area contributed by atoms with Gasteiger partial charge in [-0.15, -0.1) is 24.0 Å². The predicted octanol–water partition coefficient (Wildman–Crippen LogP) is 2.44. The Balaban J connectivity index is 0.00000242. The normalized spacial score (nSPS) is 14.5. The fourth-order valence-corrected chi connectivity index (χ4v) is 2.24. The van der Waals surface area contributed by atoms with Crippen molar-refractivity contribution in [1.29, 1.82) is 0 Å². The molecule has 1 heterocycles. The number of nitrogens with one attached hydrogen (secondary N) is 2. The van der Waals surface area contributed by atoms with Gasteiger partial charge >= 0.3 is 0 Å². The summed E-state index contributed by atoms with van der Waals surface area (Å²) in [5, 5.41) is 5.90. The van der Waals surface area contributed by atoms with E-state index in [9.17, 15) is 9.18 Å². The van der Waals surface area contributed by atoms with Crippen LogP contribution in [-0.2, 0) is 4.79 Å². The highest BCUT2D eigenvalue weighted by Gasteiger charge is 2.15. The zero-order valence-corrected chi connectivity index (χ0v) is 15.0. The van der Waals surface area contributed by atoms with Crippen molar-refractivity contribution < 1.29 is 9.18 Å². The average molecular weight is 420 g/mol. The molecule has 1 aliphatic heterocycles. The number of amides is 1. The van der Waals surface area contributed by atoms with Crippen molar-refractivity contribution in [3.63, 3.8) is 0 Å². The third-order valence-corrected chi connectivity index (χ3v) is 3.24. The minimum Gasteiger partial charge on any atom is -0.357 e. The lowest BCUT2D eigenvalue weighted by molar-refractivity contribution is -0.114. The SMILES string of the molecule is CCNC(=NCC(=O)Nc1ccc(F)cc1)N1CCCC1.I. The van der Waals surface area contributed by atoms with Crippen LogP contribution in [0.1, 0.15) is 19.8 Å². The van der Waals surface area contributed by atoms with Gasteiger partial charge in [-0.25, -0.2) is 9.38 Å². The van der Waals surface area contributed by atoms with Gasteiger partial charge in [-0.1, -0.05) is 0 Å². The summed E-state index contributed by atoms with van der Waals surface area (Å²) in [5.74, 6) is 0.245. The standard InChI is InChI=1S/C15H21FN4O.HI/c1-2-17-15(20-9-3-4-10-20)18-11-14(21)19-13-7-5-12(16)6-8-13;/h5-8H,2-4,9-11H2,1H3,(H,17,18)(H,19,21);1H. The second-order valence-corrected chi connectivity index (χ2v) is 4.92. The summed E-state index contributed by atoms with van der Waals surface area (Å²) in [5.41, 5.74) is 0.572. The molecule has 7 heteroatoms. The van der Waals surface area contributed by atoms with Crippen LogP contribution in [0.4, 0.5) is 10.1 Å². The van der Waals surface area contributed by atoms with Crippen molar-refractivity contribution in [3.05, 3.63) is 30.1 Å². The van der Waals surface area contributed by atoms with Gasteiger partial charge in [0.1, 0.15) is 12.4 Å². The third-order valence-electron chi connectivity index (χ3n) is 3.24. The highest BCUT2D eigenvalue weighted by atomic mass is 127. The van der Waals surface area contributed by atoms with Crippen LogP contribution in [0.5, 0.6) is 0 Å². The van der Waals surface area contributed by atoms with E-state index in [0.29, 0.717) is 5.69 Å². The molecule has 122 valence electrons. The molecule has 1 saturated heterocycles. The Bertz CT molecular complexity index is 501. The molecule has 5 nitrogen and oxygen atoms in total. The number of nitrogens with zero attached hydrogens (tertiary/aromatic N) is 2. The third kappa shape index (κ3) is 5.78. The summed E-state index contributed by atoms with van der Waals surface area (Å²) in [6.07, 6.45) is 2.32. The molecular formula is C15H22FIN4O. The molecule has 1 aromatic carbocycles. The monoisotopic (exact) mass is 420 g/mol. The lowest BCUT2D eigenvalue weighted by atomic mass is 10.3. The van der Waals surface area contributed by atoms with Gasteiger partial charge in [-0.05, 0) is 44.0 Å². The number of likely N-dealkylation sites (tertiary alicyclic amines) is 1. The Labute approximate surface area is 147 Å². The summed E-state index contributed by atoms with van der Waals surface area (Å²) in [6.45, 7) is 4.78. The molecule has 1 aromatic rings. The van der Waals surface area contributed by atoms with Crippen LogP contribution in [0.2, 0.25) is 0 Å².